The Morgan fingerprint density at radius 3 is 1.68 bits per heavy atom. The number of nitrogens with one attached hydrogen (secondary N) is 1. The van der Waals surface area contributed by atoms with E-state index in [1.807, 2.05) is 34.1 Å². The number of carbonyl (C=O) groups is 1. The Balaban J connectivity index is 4.10. The summed E-state index contributed by atoms with van der Waals surface area (Å²) in [5, 5.41) is 13.4. The molecule has 262 valence electrons. The third-order valence-electron chi connectivity index (χ3n) is 8.00. The number of hydrogen-bond acceptors (Lipinski definition) is 6. The molecule has 0 fully saturated rings. The molecule has 0 radical (unpaired) electrons. The monoisotopic (exact) mass is 647 g/mol. The van der Waals surface area contributed by atoms with Crippen LogP contribution < -0.4 is 10.2 Å². The molecule has 0 saturated heterocycles. The number of quaternary nitrogens is 1. The molecule has 9 heteroatoms. The molecule has 3 unspecified atom stereocenters. The molecule has 3 atom stereocenters. The van der Waals surface area contributed by atoms with Crippen molar-refractivity contribution in [2.45, 2.75) is 167 Å². The number of allylic oxidation sites excluding steroid dienone is 1. The van der Waals surface area contributed by atoms with Crippen LogP contribution in [0.25, 0.3) is 0 Å². The van der Waals surface area contributed by atoms with E-state index >= 15 is 0 Å². The summed E-state index contributed by atoms with van der Waals surface area (Å²) in [6.45, 7) is 4.38. The molecule has 0 aromatic carbocycles. The first-order valence-corrected chi connectivity index (χ1v) is 19.5. The molecule has 0 spiro atoms. The molecular weight excluding hydrogens is 575 g/mol. The van der Waals surface area contributed by atoms with Crippen LogP contribution in [0.2, 0.25) is 0 Å². The Labute approximate surface area is 272 Å². The van der Waals surface area contributed by atoms with Crippen molar-refractivity contribution in [2.75, 3.05) is 40.9 Å². The van der Waals surface area contributed by atoms with E-state index in [4.69, 9.17) is 9.05 Å². The summed E-state index contributed by atoms with van der Waals surface area (Å²) in [7, 11) is 1.26. The molecule has 8 nitrogen and oxygen atoms in total. The number of aliphatic hydroxyl groups excluding tert-OH is 1. The first-order chi connectivity index (χ1) is 21.0. The van der Waals surface area contributed by atoms with Crippen LogP contribution in [0.15, 0.2) is 12.2 Å². The molecule has 0 saturated carbocycles. The highest BCUT2D eigenvalue weighted by atomic mass is 31.2. The maximum Gasteiger partial charge on any atom is 0.268 e. The zero-order valence-electron chi connectivity index (χ0n) is 29.4. The zero-order valence-corrected chi connectivity index (χ0v) is 30.3. The van der Waals surface area contributed by atoms with Crippen LogP contribution in [0.1, 0.15) is 155 Å². The highest BCUT2D eigenvalue weighted by molar-refractivity contribution is 7.45. The Morgan fingerprint density at radius 2 is 1.23 bits per heavy atom. The van der Waals surface area contributed by atoms with Gasteiger partial charge in [0.15, 0.2) is 0 Å². The molecule has 0 aliphatic rings. The Morgan fingerprint density at radius 1 is 0.773 bits per heavy atom. The maximum atomic E-state index is 12.3. The maximum absolute atomic E-state index is 12.3. The van der Waals surface area contributed by atoms with Gasteiger partial charge in [0.1, 0.15) is 13.2 Å². The van der Waals surface area contributed by atoms with Crippen LogP contribution in [0.5, 0.6) is 0 Å². The quantitative estimate of drug-likeness (QED) is 0.0330. The second-order valence-electron chi connectivity index (χ2n) is 13.6. The minimum Gasteiger partial charge on any atom is -0.756 e. The molecule has 0 aliphatic carbocycles. The summed E-state index contributed by atoms with van der Waals surface area (Å²) >= 11 is 0. The number of likely N-dealkylation sites (N-methyl/N-ethyl adjacent to an activating group) is 1. The molecular formula is C35H71N2O6P. The normalized spacial score (nSPS) is 15.0. The molecule has 1 amide bonds. The predicted octanol–water partition coefficient (Wildman–Crippen LogP) is 8.22. The van der Waals surface area contributed by atoms with Gasteiger partial charge in [-0.1, -0.05) is 142 Å². The number of hydrogen-bond donors (Lipinski definition) is 2. The van der Waals surface area contributed by atoms with Gasteiger partial charge in [-0.2, -0.15) is 0 Å². The number of unbranched alkanes of at least 4 members (excludes halogenated alkanes) is 19. The molecule has 0 bridgehead atoms. The lowest BCUT2D eigenvalue weighted by Crippen LogP contribution is -2.45. The van der Waals surface area contributed by atoms with E-state index in [9.17, 15) is 19.4 Å². The Hall–Kier alpha value is -0.760. The van der Waals surface area contributed by atoms with Gasteiger partial charge in [-0.05, 0) is 19.3 Å². The number of phosphoric acid groups is 1. The zero-order chi connectivity index (χ0) is 32.9. The lowest BCUT2D eigenvalue weighted by Gasteiger charge is -2.29. The number of phosphoric ester groups is 1. The number of amides is 1. The first-order valence-electron chi connectivity index (χ1n) is 18.1. The third-order valence-corrected chi connectivity index (χ3v) is 8.96. The minimum absolute atomic E-state index is 0.000337. The van der Waals surface area contributed by atoms with Gasteiger partial charge in [-0.25, -0.2) is 0 Å². The Bertz CT molecular complexity index is 743. The fraction of sp³-hybridized carbons (Fsp3) is 0.914. The van der Waals surface area contributed by atoms with Crippen LogP contribution in [0, 0.1) is 0 Å². The van der Waals surface area contributed by atoms with Gasteiger partial charge < -0.3 is 28.8 Å². The number of aliphatic hydroxyl groups is 1. The van der Waals surface area contributed by atoms with E-state index in [0.29, 0.717) is 17.4 Å². The van der Waals surface area contributed by atoms with Crippen molar-refractivity contribution >= 4 is 13.7 Å². The SMILES string of the molecule is CCCCCCCCCCCCCCCCCCCC/C=C/C(O)C(COP(=O)([O-])OCC[N+](C)(C)C)NC(=O)CCCC. The second-order valence-corrected chi connectivity index (χ2v) is 15.0. The summed E-state index contributed by atoms with van der Waals surface area (Å²) in [6.07, 6.45) is 29.4. The molecule has 0 aliphatic heterocycles. The van der Waals surface area contributed by atoms with Crippen molar-refractivity contribution in [1.82, 2.24) is 5.32 Å². The van der Waals surface area contributed by atoms with Gasteiger partial charge in [-0.3, -0.25) is 9.36 Å². The van der Waals surface area contributed by atoms with E-state index in [1.54, 1.807) is 6.08 Å². The highest BCUT2D eigenvalue weighted by Gasteiger charge is 2.23. The molecule has 2 N–H and O–H groups in total. The minimum atomic E-state index is -4.55. The van der Waals surface area contributed by atoms with Crippen molar-refractivity contribution in [1.29, 1.82) is 0 Å². The van der Waals surface area contributed by atoms with Crippen LogP contribution in [0.3, 0.4) is 0 Å². The fourth-order valence-electron chi connectivity index (χ4n) is 5.01. The number of carbonyl (C=O) groups excluding carboxylic acids is 1. The molecule has 0 rings (SSSR count). The summed E-state index contributed by atoms with van der Waals surface area (Å²) in [6, 6.07) is -0.875. The van der Waals surface area contributed by atoms with Crippen molar-refractivity contribution in [2.24, 2.45) is 0 Å². The van der Waals surface area contributed by atoms with E-state index in [2.05, 4.69) is 12.2 Å². The van der Waals surface area contributed by atoms with Crippen molar-refractivity contribution in [3.05, 3.63) is 12.2 Å². The molecule has 0 aromatic heterocycles. The van der Waals surface area contributed by atoms with E-state index in [-0.39, 0.29) is 19.1 Å². The smallest absolute Gasteiger partial charge is 0.268 e. The van der Waals surface area contributed by atoms with Gasteiger partial charge in [0.2, 0.25) is 5.91 Å². The van der Waals surface area contributed by atoms with Crippen LogP contribution in [-0.4, -0.2) is 68.5 Å². The van der Waals surface area contributed by atoms with Gasteiger partial charge in [-0.15, -0.1) is 0 Å². The van der Waals surface area contributed by atoms with Gasteiger partial charge in [0, 0.05) is 6.42 Å². The molecule has 0 heterocycles. The molecule has 44 heavy (non-hydrogen) atoms. The van der Waals surface area contributed by atoms with Gasteiger partial charge in [0.05, 0.1) is 39.9 Å². The lowest BCUT2D eigenvalue weighted by atomic mass is 10.0. The van der Waals surface area contributed by atoms with Crippen LogP contribution >= 0.6 is 7.82 Å². The van der Waals surface area contributed by atoms with E-state index in [0.717, 1.165) is 32.1 Å². The average Bonchev–Trinajstić information content (AvgIpc) is 2.96. The highest BCUT2D eigenvalue weighted by Crippen LogP contribution is 2.38. The van der Waals surface area contributed by atoms with Crippen LogP contribution in [-0.2, 0) is 18.4 Å². The van der Waals surface area contributed by atoms with Crippen LogP contribution in [0.4, 0.5) is 0 Å². The summed E-state index contributed by atoms with van der Waals surface area (Å²) < 4.78 is 22.8. The third kappa shape index (κ3) is 29.9. The van der Waals surface area contributed by atoms with Crippen molar-refractivity contribution in [3.8, 4) is 0 Å². The van der Waals surface area contributed by atoms with E-state index < -0.39 is 20.0 Å². The second kappa shape index (κ2) is 28.5. The standard InChI is InChI=1S/C35H71N2O6P/c1-6-8-10-11-12-13-14-15-16-17-18-19-20-21-22-23-24-25-26-27-28-34(38)33(36-35(39)29-9-7-2)32-43-44(40,41)42-31-30-37(3,4)5/h27-28,33-34,38H,6-26,29-32H2,1-5H3,(H-,36,39,40,41)/b28-27+. The first kappa shape index (κ1) is 43.2. The topological polar surface area (TPSA) is 108 Å². The van der Waals surface area contributed by atoms with E-state index in [1.165, 1.54) is 103 Å². The number of rotatable bonds is 32. The van der Waals surface area contributed by atoms with Crippen molar-refractivity contribution < 1.29 is 32.9 Å². The average molecular weight is 647 g/mol. The molecule has 0 aromatic rings. The van der Waals surface area contributed by atoms with Gasteiger partial charge in [0.25, 0.3) is 7.82 Å². The summed E-state index contributed by atoms with van der Waals surface area (Å²) in [5.74, 6) is -0.233. The predicted molar refractivity (Wildman–Crippen MR) is 182 cm³/mol. The fourth-order valence-corrected chi connectivity index (χ4v) is 5.73. The van der Waals surface area contributed by atoms with Gasteiger partial charge >= 0.3 is 0 Å². The number of nitrogens with zero attached hydrogens (tertiary/aromatic N) is 1. The largest absolute Gasteiger partial charge is 0.756 e. The summed E-state index contributed by atoms with van der Waals surface area (Å²) in [4.78, 5) is 24.5. The summed E-state index contributed by atoms with van der Waals surface area (Å²) in [5.41, 5.74) is 0. The Kier molecular flexibility index (Phi) is 28.0. The van der Waals surface area contributed by atoms with Crippen molar-refractivity contribution in [3.63, 3.8) is 0 Å². The lowest BCUT2D eigenvalue weighted by molar-refractivity contribution is -0.870.